The van der Waals surface area contributed by atoms with Gasteiger partial charge in [-0.3, -0.25) is 9.98 Å². The summed E-state index contributed by atoms with van der Waals surface area (Å²) in [5.41, 5.74) is 1.94. The van der Waals surface area contributed by atoms with Crippen LogP contribution in [0.5, 0.6) is 0 Å². The first-order valence-electron chi connectivity index (χ1n) is 10.9. The highest BCUT2D eigenvalue weighted by Crippen LogP contribution is 2.28. The minimum atomic E-state index is 0.956. The Labute approximate surface area is 196 Å². The fourth-order valence-electron chi connectivity index (χ4n) is 4.11. The van der Waals surface area contributed by atoms with Crippen LogP contribution in [0.1, 0.15) is 9.75 Å². The topological polar surface area (TPSA) is 24.7 Å². The molecule has 0 aliphatic rings. The molecular formula is C30H20N2S. The number of fused-ring (bicyclic) bond motifs is 3. The van der Waals surface area contributed by atoms with Crippen molar-refractivity contribution in [1.82, 2.24) is 0 Å². The van der Waals surface area contributed by atoms with Crippen LogP contribution in [0.3, 0.4) is 0 Å². The predicted molar refractivity (Wildman–Crippen MR) is 144 cm³/mol. The van der Waals surface area contributed by atoms with E-state index < -0.39 is 0 Å². The molecule has 0 amide bonds. The lowest BCUT2D eigenvalue weighted by Gasteiger charge is -2.03. The lowest BCUT2D eigenvalue weighted by atomic mass is 10.0. The van der Waals surface area contributed by atoms with Crippen molar-refractivity contribution in [2.75, 3.05) is 0 Å². The standard InChI is InChI=1S/C30H20N2S/c1-2-8-23-17-25-18-26(13-12-24(25)16-22(23)7-1)31-19-27-14-15-28(33-27)20-32-30-11-5-9-21-6-3-4-10-29(21)30/h1-20H. The number of thiophene rings is 1. The van der Waals surface area contributed by atoms with E-state index in [1.54, 1.807) is 11.3 Å². The Hall–Kier alpha value is -4.08. The molecule has 6 aromatic rings. The molecule has 0 radical (unpaired) electrons. The van der Waals surface area contributed by atoms with Crippen molar-refractivity contribution >= 4 is 67.5 Å². The average Bonchev–Trinajstić information content (AvgIpc) is 3.32. The molecule has 1 heterocycles. The second-order valence-electron chi connectivity index (χ2n) is 7.99. The van der Waals surface area contributed by atoms with E-state index >= 15 is 0 Å². The van der Waals surface area contributed by atoms with Gasteiger partial charge in [0.25, 0.3) is 0 Å². The number of benzene rings is 5. The summed E-state index contributed by atoms with van der Waals surface area (Å²) in [4.78, 5) is 11.7. The van der Waals surface area contributed by atoms with Crippen LogP contribution in [0.4, 0.5) is 11.4 Å². The van der Waals surface area contributed by atoms with Crippen LogP contribution < -0.4 is 0 Å². The number of hydrogen-bond acceptors (Lipinski definition) is 3. The molecular weight excluding hydrogens is 420 g/mol. The average molecular weight is 441 g/mol. The largest absolute Gasteiger partial charge is 0.255 e. The second-order valence-corrected chi connectivity index (χ2v) is 9.13. The molecule has 156 valence electrons. The van der Waals surface area contributed by atoms with Crippen LogP contribution in [0.25, 0.3) is 32.3 Å². The highest BCUT2D eigenvalue weighted by molar-refractivity contribution is 7.15. The Bertz CT molecular complexity index is 1670. The highest BCUT2D eigenvalue weighted by atomic mass is 32.1. The molecule has 0 aliphatic carbocycles. The maximum Gasteiger partial charge on any atom is 0.0708 e. The molecule has 0 saturated carbocycles. The minimum absolute atomic E-state index is 0.956. The Balaban J connectivity index is 1.24. The van der Waals surface area contributed by atoms with Crippen LogP contribution >= 0.6 is 11.3 Å². The van der Waals surface area contributed by atoms with Crippen molar-refractivity contribution in [3.05, 3.63) is 119 Å². The van der Waals surface area contributed by atoms with Gasteiger partial charge in [-0.1, -0.05) is 66.7 Å². The first kappa shape index (κ1) is 19.6. The van der Waals surface area contributed by atoms with Gasteiger partial charge in [-0.05, 0) is 69.4 Å². The molecule has 33 heavy (non-hydrogen) atoms. The molecule has 0 spiro atoms. The zero-order valence-corrected chi connectivity index (χ0v) is 18.7. The van der Waals surface area contributed by atoms with E-state index in [2.05, 4.69) is 103 Å². The van der Waals surface area contributed by atoms with Crippen molar-refractivity contribution < 1.29 is 0 Å². The van der Waals surface area contributed by atoms with Crippen LogP contribution in [0, 0.1) is 0 Å². The van der Waals surface area contributed by atoms with Crippen molar-refractivity contribution in [2.24, 2.45) is 9.98 Å². The summed E-state index contributed by atoms with van der Waals surface area (Å²) in [6, 6.07) is 38.0. The molecule has 0 aliphatic heterocycles. The lowest BCUT2D eigenvalue weighted by molar-refractivity contribution is 1.57. The monoisotopic (exact) mass is 440 g/mol. The van der Waals surface area contributed by atoms with Crippen molar-refractivity contribution in [1.29, 1.82) is 0 Å². The second kappa shape index (κ2) is 8.45. The Morgan fingerprint density at radius 3 is 1.94 bits per heavy atom. The van der Waals surface area contributed by atoms with E-state index in [0.29, 0.717) is 0 Å². The molecule has 0 fully saturated rings. The minimum Gasteiger partial charge on any atom is -0.255 e. The molecule has 0 N–H and O–H groups in total. The normalized spacial score (nSPS) is 12.0. The molecule has 1 aromatic heterocycles. The smallest absolute Gasteiger partial charge is 0.0708 e. The van der Waals surface area contributed by atoms with E-state index in [4.69, 9.17) is 9.98 Å². The SMILES string of the molecule is C(=Nc1ccc2cc3ccccc3cc2c1)c1ccc(C=Nc2cccc3ccccc23)s1. The van der Waals surface area contributed by atoms with Gasteiger partial charge in [-0.15, -0.1) is 11.3 Å². The third-order valence-corrected chi connectivity index (χ3v) is 6.73. The van der Waals surface area contributed by atoms with Gasteiger partial charge in [-0.25, -0.2) is 0 Å². The van der Waals surface area contributed by atoms with Crippen LogP contribution in [0.2, 0.25) is 0 Å². The first-order valence-corrected chi connectivity index (χ1v) is 11.7. The highest BCUT2D eigenvalue weighted by Gasteiger charge is 2.01. The molecule has 0 atom stereocenters. The number of aliphatic imine (C=N–C) groups is 2. The zero-order chi connectivity index (χ0) is 22.0. The summed E-state index contributed by atoms with van der Waals surface area (Å²) in [6.45, 7) is 0. The Morgan fingerprint density at radius 1 is 0.485 bits per heavy atom. The number of nitrogens with zero attached hydrogens (tertiary/aromatic N) is 2. The quantitative estimate of drug-likeness (QED) is 0.193. The van der Waals surface area contributed by atoms with Crippen LogP contribution in [0.15, 0.2) is 119 Å². The fraction of sp³-hybridized carbons (Fsp3) is 0. The summed E-state index contributed by atoms with van der Waals surface area (Å²) < 4.78 is 0. The van der Waals surface area contributed by atoms with Gasteiger partial charge in [0.1, 0.15) is 0 Å². The first-order chi connectivity index (χ1) is 16.3. The molecule has 3 heteroatoms. The zero-order valence-electron chi connectivity index (χ0n) is 17.8. The summed E-state index contributed by atoms with van der Waals surface area (Å²) in [5.74, 6) is 0. The molecule has 0 saturated heterocycles. The summed E-state index contributed by atoms with van der Waals surface area (Å²) in [7, 11) is 0. The fourth-order valence-corrected chi connectivity index (χ4v) is 4.86. The molecule has 2 nitrogen and oxygen atoms in total. The van der Waals surface area contributed by atoms with Gasteiger partial charge in [0.05, 0.1) is 11.4 Å². The van der Waals surface area contributed by atoms with E-state index in [0.717, 1.165) is 21.1 Å². The van der Waals surface area contributed by atoms with Crippen molar-refractivity contribution in [3.8, 4) is 0 Å². The molecule has 0 bridgehead atoms. The third kappa shape index (κ3) is 4.07. The van der Waals surface area contributed by atoms with Gasteiger partial charge in [0, 0.05) is 27.6 Å². The summed E-state index contributed by atoms with van der Waals surface area (Å²) >= 11 is 1.68. The summed E-state index contributed by atoms with van der Waals surface area (Å²) in [6.07, 6.45) is 3.87. The van der Waals surface area contributed by atoms with Crippen LogP contribution in [-0.2, 0) is 0 Å². The number of hydrogen-bond donors (Lipinski definition) is 0. The lowest BCUT2D eigenvalue weighted by Crippen LogP contribution is -1.77. The Kier molecular flexibility index (Phi) is 5.02. The molecule has 0 unspecified atom stereocenters. The van der Waals surface area contributed by atoms with E-state index in [9.17, 15) is 0 Å². The van der Waals surface area contributed by atoms with Gasteiger partial charge in [0.2, 0.25) is 0 Å². The predicted octanol–water partition coefficient (Wildman–Crippen LogP) is 8.71. The van der Waals surface area contributed by atoms with Gasteiger partial charge in [-0.2, -0.15) is 0 Å². The van der Waals surface area contributed by atoms with E-state index in [1.807, 2.05) is 18.5 Å². The van der Waals surface area contributed by atoms with E-state index in [-0.39, 0.29) is 0 Å². The number of rotatable bonds is 4. The maximum absolute atomic E-state index is 4.74. The van der Waals surface area contributed by atoms with E-state index in [1.165, 1.54) is 32.3 Å². The molecule has 5 aromatic carbocycles. The third-order valence-electron chi connectivity index (χ3n) is 5.77. The maximum atomic E-state index is 4.74. The van der Waals surface area contributed by atoms with Gasteiger partial charge in [0.15, 0.2) is 0 Å². The summed E-state index contributed by atoms with van der Waals surface area (Å²) in [5, 5.41) is 7.32. The van der Waals surface area contributed by atoms with Gasteiger partial charge < -0.3 is 0 Å². The van der Waals surface area contributed by atoms with Crippen LogP contribution in [-0.4, -0.2) is 12.4 Å². The Morgan fingerprint density at radius 2 is 1.12 bits per heavy atom. The van der Waals surface area contributed by atoms with Crippen molar-refractivity contribution in [2.45, 2.75) is 0 Å². The van der Waals surface area contributed by atoms with Gasteiger partial charge >= 0.3 is 0 Å². The molecule has 6 rings (SSSR count). The van der Waals surface area contributed by atoms with Crippen molar-refractivity contribution in [3.63, 3.8) is 0 Å².